The normalized spacial score (nSPS) is 21.5. The van der Waals surface area contributed by atoms with Gasteiger partial charge in [-0.05, 0) is 26.7 Å². The number of hydrogen-bond donors (Lipinski definition) is 1. The molecule has 3 heteroatoms. The second kappa shape index (κ2) is 2.79. The Hall–Kier alpha value is -0.410. The molecular formula is C10H15NOS. The summed E-state index contributed by atoms with van der Waals surface area (Å²) in [6.45, 7) is 6.06. The first-order valence-corrected chi connectivity index (χ1v) is 5.50. The molecule has 1 aromatic heterocycles. The van der Waals surface area contributed by atoms with Crippen molar-refractivity contribution in [2.24, 2.45) is 0 Å². The number of hydrogen-bond acceptors (Lipinski definition) is 3. The van der Waals surface area contributed by atoms with E-state index in [0.29, 0.717) is 5.41 Å². The molecule has 0 aromatic carbocycles. The maximum Gasteiger partial charge on any atom is 0.0991 e. The van der Waals surface area contributed by atoms with Crippen molar-refractivity contribution in [1.29, 1.82) is 0 Å². The van der Waals surface area contributed by atoms with Crippen molar-refractivity contribution in [3.63, 3.8) is 0 Å². The first-order valence-electron chi connectivity index (χ1n) is 4.69. The molecule has 72 valence electrons. The number of thiazole rings is 1. The van der Waals surface area contributed by atoms with Crippen molar-refractivity contribution >= 4 is 11.3 Å². The van der Waals surface area contributed by atoms with Crippen LogP contribution in [0.15, 0.2) is 0 Å². The highest BCUT2D eigenvalue weighted by Gasteiger charge is 2.42. The van der Waals surface area contributed by atoms with Gasteiger partial charge in [-0.25, -0.2) is 4.98 Å². The minimum Gasteiger partial charge on any atom is -0.387 e. The Bertz CT molecular complexity index is 326. The fourth-order valence-corrected chi connectivity index (χ4v) is 2.66. The number of aliphatic hydroxyl groups excluding tert-OH is 1. The Balaban J connectivity index is 2.35. The summed E-state index contributed by atoms with van der Waals surface area (Å²) >= 11 is 1.74. The minimum absolute atomic E-state index is 0.336. The minimum atomic E-state index is -0.424. The highest BCUT2D eigenvalue weighted by molar-refractivity contribution is 7.11. The van der Waals surface area contributed by atoms with E-state index in [2.05, 4.69) is 11.9 Å². The second-order valence-corrected chi connectivity index (χ2v) is 5.40. The van der Waals surface area contributed by atoms with Crippen molar-refractivity contribution in [2.45, 2.75) is 45.1 Å². The summed E-state index contributed by atoms with van der Waals surface area (Å²) in [5.74, 6) is 0. The zero-order chi connectivity index (χ0) is 9.64. The summed E-state index contributed by atoms with van der Waals surface area (Å²) in [5, 5.41) is 10.7. The van der Waals surface area contributed by atoms with Gasteiger partial charge in [0, 0.05) is 10.3 Å². The lowest BCUT2D eigenvalue weighted by Gasteiger charge is -2.02. The standard InChI is InChI=1S/C10H15NOS/c1-6(12)8-7(2)13-9(11-8)10(3)4-5-10/h6,12H,4-5H2,1-3H3. The van der Waals surface area contributed by atoms with Crippen molar-refractivity contribution < 1.29 is 5.11 Å². The predicted molar refractivity (Wildman–Crippen MR) is 54.1 cm³/mol. The molecule has 1 heterocycles. The maximum absolute atomic E-state index is 9.45. The van der Waals surface area contributed by atoms with Crippen LogP contribution in [0.25, 0.3) is 0 Å². The van der Waals surface area contributed by atoms with E-state index in [1.807, 2.05) is 6.92 Å². The molecule has 1 aliphatic carbocycles. The van der Waals surface area contributed by atoms with Gasteiger partial charge in [0.15, 0.2) is 0 Å². The summed E-state index contributed by atoms with van der Waals surface area (Å²) < 4.78 is 0. The van der Waals surface area contributed by atoms with Crippen LogP contribution in [-0.2, 0) is 5.41 Å². The molecule has 2 rings (SSSR count). The Morgan fingerprint density at radius 1 is 1.54 bits per heavy atom. The fourth-order valence-electron chi connectivity index (χ4n) is 1.46. The number of aryl methyl sites for hydroxylation is 1. The van der Waals surface area contributed by atoms with Crippen molar-refractivity contribution in [1.82, 2.24) is 4.98 Å². The third-order valence-electron chi connectivity index (χ3n) is 2.74. The lowest BCUT2D eigenvalue weighted by molar-refractivity contribution is 0.194. The largest absolute Gasteiger partial charge is 0.387 e. The molecule has 1 atom stereocenters. The van der Waals surface area contributed by atoms with Gasteiger partial charge in [0.1, 0.15) is 0 Å². The Morgan fingerprint density at radius 3 is 2.54 bits per heavy atom. The quantitative estimate of drug-likeness (QED) is 0.790. The molecule has 1 aliphatic rings. The topological polar surface area (TPSA) is 33.1 Å². The molecule has 13 heavy (non-hydrogen) atoms. The Morgan fingerprint density at radius 2 is 2.15 bits per heavy atom. The molecule has 1 N–H and O–H groups in total. The number of rotatable bonds is 2. The van der Waals surface area contributed by atoms with Crippen molar-refractivity contribution in [2.75, 3.05) is 0 Å². The second-order valence-electron chi connectivity index (χ2n) is 4.20. The first kappa shape index (κ1) is 9.16. The van der Waals surface area contributed by atoms with E-state index in [-0.39, 0.29) is 0 Å². The smallest absolute Gasteiger partial charge is 0.0991 e. The molecule has 2 nitrogen and oxygen atoms in total. The van der Waals surface area contributed by atoms with E-state index >= 15 is 0 Å². The molecule has 0 bridgehead atoms. The molecule has 0 aliphatic heterocycles. The van der Waals surface area contributed by atoms with Gasteiger partial charge in [-0.2, -0.15) is 0 Å². The zero-order valence-corrected chi connectivity index (χ0v) is 9.11. The average molecular weight is 197 g/mol. The third-order valence-corrected chi connectivity index (χ3v) is 4.04. The summed E-state index contributed by atoms with van der Waals surface area (Å²) in [6, 6.07) is 0. The van der Waals surface area contributed by atoms with Crippen LogP contribution in [0.1, 0.15) is 48.4 Å². The molecular weight excluding hydrogens is 182 g/mol. The van der Waals surface area contributed by atoms with Crippen LogP contribution in [0.5, 0.6) is 0 Å². The molecule has 1 aromatic rings. The van der Waals surface area contributed by atoms with Gasteiger partial charge in [0.2, 0.25) is 0 Å². The fraction of sp³-hybridized carbons (Fsp3) is 0.700. The van der Waals surface area contributed by atoms with Crippen LogP contribution < -0.4 is 0 Å². The molecule has 1 unspecified atom stereocenters. The van der Waals surface area contributed by atoms with Gasteiger partial charge in [-0.3, -0.25) is 0 Å². The monoisotopic (exact) mass is 197 g/mol. The maximum atomic E-state index is 9.45. The van der Waals surface area contributed by atoms with Crippen LogP contribution in [0.3, 0.4) is 0 Å². The van der Waals surface area contributed by atoms with Gasteiger partial charge >= 0.3 is 0 Å². The molecule has 0 amide bonds. The zero-order valence-electron chi connectivity index (χ0n) is 8.29. The lowest BCUT2D eigenvalue weighted by atomic mass is 10.1. The van der Waals surface area contributed by atoms with E-state index in [9.17, 15) is 5.11 Å². The molecule has 0 spiro atoms. The molecule has 0 saturated heterocycles. The number of aromatic nitrogens is 1. The van der Waals surface area contributed by atoms with Crippen molar-refractivity contribution in [3.05, 3.63) is 15.6 Å². The van der Waals surface area contributed by atoms with Gasteiger partial charge in [-0.1, -0.05) is 6.92 Å². The summed E-state index contributed by atoms with van der Waals surface area (Å²) in [6.07, 6.45) is 2.07. The van der Waals surface area contributed by atoms with Crippen LogP contribution >= 0.6 is 11.3 Å². The molecule has 1 fully saturated rings. The highest BCUT2D eigenvalue weighted by Crippen LogP contribution is 2.49. The van der Waals surface area contributed by atoms with Crippen LogP contribution in [0.2, 0.25) is 0 Å². The average Bonchev–Trinajstić information content (AvgIpc) is 2.63. The number of nitrogens with zero attached hydrogens (tertiary/aromatic N) is 1. The van der Waals surface area contributed by atoms with Crippen LogP contribution in [-0.4, -0.2) is 10.1 Å². The van der Waals surface area contributed by atoms with E-state index in [1.54, 1.807) is 18.3 Å². The van der Waals surface area contributed by atoms with E-state index in [1.165, 1.54) is 17.8 Å². The van der Waals surface area contributed by atoms with Gasteiger partial charge in [0.25, 0.3) is 0 Å². The molecule has 1 saturated carbocycles. The van der Waals surface area contributed by atoms with Crippen LogP contribution in [0.4, 0.5) is 0 Å². The van der Waals surface area contributed by atoms with E-state index in [4.69, 9.17) is 0 Å². The van der Waals surface area contributed by atoms with Crippen molar-refractivity contribution in [3.8, 4) is 0 Å². The van der Waals surface area contributed by atoms with Crippen LogP contribution in [0, 0.1) is 6.92 Å². The number of aliphatic hydroxyl groups is 1. The van der Waals surface area contributed by atoms with Gasteiger partial charge < -0.3 is 5.11 Å². The van der Waals surface area contributed by atoms with E-state index in [0.717, 1.165) is 10.6 Å². The Kier molecular flexibility index (Phi) is 1.96. The van der Waals surface area contributed by atoms with Gasteiger partial charge in [0.05, 0.1) is 16.8 Å². The summed E-state index contributed by atoms with van der Waals surface area (Å²) in [4.78, 5) is 5.68. The molecule has 0 radical (unpaired) electrons. The lowest BCUT2D eigenvalue weighted by Crippen LogP contribution is -2.00. The predicted octanol–water partition coefficient (Wildman–Crippen LogP) is 2.56. The summed E-state index contributed by atoms with van der Waals surface area (Å²) in [7, 11) is 0. The van der Waals surface area contributed by atoms with E-state index < -0.39 is 6.10 Å². The SMILES string of the molecule is Cc1sc(C2(C)CC2)nc1C(C)O. The van der Waals surface area contributed by atoms with Gasteiger partial charge in [-0.15, -0.1) is 11.3 Å². The highest BCUT2D eigenvalue weighted by atomic mass is 32.1. The summed E-state index contributed by atoms with van der Waals surface area (Å²) in [5.41, 5.74) is 1.20. The Labute approximate surface area is 82.6 Å². The first-order chi connectivity index (χ1) is 6.03. The third kappa shape index (κ3) is 1.51.